The molecule has 16 heavy (non-hydrogen) atoms. The highest BCUT2D eigenvalue weighted by molar-refractivity contribution is 8.14. The molecule has 0 aromatic carbocycles. The van der Waals surface area contributed by atoms with E-state index in [0.29, 0.717) is 17.4 Å². The summed E-state index contributed by atoms with van der Waals surface area (Å²) in [5, 5.41) is 4.73. The van der Waals surface area contributed by atoms with E-state index < -0.39 is 0 Å². The Balaban J connectivity index is 1.86. The molecule has 1 aliphatic carbocycles. The van der Waals surface area contributed by atoms with Gasteiger partial charge in [0.15, 0.2) is 5.17 Å². The van der Waals surface area contributed by atoms with Crippen molar-refractivity contribution in [2.24, 2.45) is 22.2 Å². The van der Waals surface area contributed by atoms with Crippen LogP contribution in [0.2, 0.25) is 0 Å². The highest BCUT2D eigenvalue weighted by Crippen LogP contribution is 2.52. The van der Waals surface area contributed by atoms with E-state index >= 15 is 0 Å². The van der Waals surface area contributed by atoms with Crippen molar-refractivity contribution in [2.75, 3.05) is 12.3 Å². The second-order valence-corrected chi connectivity index (χ2v) is 6.95. The highest BCUT2D eigenvalue weighted by atomic mass is 32.2. The van der Waals surface area contributed by atoms with Crippen molar-refractivity contribution in [3.63, 3.8) is 0 Å². The Morgan fingerprint density at radius 2 is 2.06 bits per heavy atom. The monoisotopic (exact) mass is 240 g/mol. The lowest BCUT2D eigenvalue weighted by molar-refractivity contribution is 0.371. The molecule has 0 spiro atoms. The number of hydrogen-bond donors (Lipinski definition) is 1. The number of nitrogens with one attached hydrogen (secondary N) is 1. The van der Waals surface area contributed by atoms with Gasteiger partial charge in [-0.3, -0.25) is 4.99 Å². The van der Waals surface area contributed by atoms with Gasteiger partial charge in [-0.1, -0.05) is 39.5 Å². The zero-order valence-corrected chi connectivity index (χ0v) is 11.7. The molecule has 0 radical (unpaired) electrons. The van der Waals surface area contributed by atoms with Crippen LogP contribution in [0.25, 0.3) is 0 Å². The molecule has 2 nitrogen and oxygen atoms in total. The lowest BCUT2D eigenvalue weighted by Gasteiger charge is -2.17. The van der Waals surface area contributed by atoms with E-state index in [-0.39, 0.29) is 0 Å². The predicted octanol–water partition coefficient (Wildman–Crippen LogP) is 3.14. The second-order valence-electron chi connectivity index (χ2n) is 5.94. The van der Waals surface area contributed by atoms with Gasteiger partial charge < -0.3 is 5.32 Å². The van der Waals surface area contributed by atoms with Crippen LogP contribution in [0.1, 0.15) is 40.5 Å². The number of hydrogen-bond acceptors (Lipinski definition) is 2. The highest BCUT2D eigenvalue weighted by Gasteiger charge is 2.45. The summed E-state index contributed by atoms with van der Waals surface area (Å²) < 4.78 is 0. The first kappa shape index (κ1) is 12.3. The first-order chi connectivity index (χ1) is 7.53. The van der Waals surface area contributed by atoms with Gasteiger partial charge in [0.2, 0.25) is 0 Å². The van der Waals surface area contributed by atoms with Gasteiger partial charge in [-0.05, 0) is 30.1 Å². The molecule has 1 saturated carbocycles. The van der Waals surface area contributed by atoms with Crippen molar-refractivity contribution in [1.82, 2.24) is 5.32 Å². The van der Waals surface area contributed by atoms with Crippen LogP contribution < -0.4 is 5.32 Å². The molecule has 1 saturated heterocycles. The number of nitrogens with zero attached hydrogens (tertiary/aromatic N) is 1. The molecule has 0 amide bonds. The number of amidine groups is 1. The average molecular weight is 240 g/mol. The smallest absolute Gasteiger partial charge is 0.156 e. The van der Waals surface area contributed by atoms with Crippen LogP contribution in [0.15, 0.2) is 4.99 Å². The Kier molecular flexibility index (Phi) is 3.53. The molecule has 1 N–H and O–H groups in total. The molecular weight excluding hydrogens is 216 g/mol. The maximum absolute atomic E-state index is 4.78. The maximum atomic E-state index is 4.78. The van der Waals surface area contributed by atoms with Crippen LogP contribution in [-0.2, 0) is 0 Å². The lowest BCUT2D eigenvalue weighted by atomic mass is 9.93. The van der Waals surface area contributed by atoms with Crippen LogP contribution in [0.4, 0.5) is 0 Å². The first-order valence-electron chi connectivity index (χ1n) is 6.47. The van der Waals surface area contributed by atoms with E-state index in [1.165, 1.54) is 23.8 Å². The standard InChI is InChI=1S/C13H24N2S/c1-9(2)11-7-16-12(15-11)14-8-13(5-6-13)10(3)4/h9-11H,5-8H2,1-4H3,(H,14,15). The summed E-state index contributed by atoms with van der Waals surface area (Å²) in [4.78, 5) is 4.78. The van der Waals surface area contributed by atoms with Crippen LogP contribution in [-0.4, -0.2) is 23.5 Å². The third-order valence-corrected chi connectivity index (χ3v) is 5.21. The third kappa shape index (κ3) is 2.55. The van der Waals surface area contributed by atoms with Crippen LogP contribution >= 0.6 is 11.8 Å². The van der Waals surface area contributed by atoms with Crippen molar-refractivity contribution < 1.29 is 0 Å². The van der Waals surface area contributed by atoms with E-state index in [1.807, 2.05) is 11.8 Å². The van der Waals surface area contributed by atoms with E-state index in [9.17, 15) is 0 Å². The first-order valence-corrected chi connectivity index (χ1v) is 7.46. The molecule has 1 unspecified atom stereocenters. The number of thioether (sulfide) groups is 1. The predicted molar refractivity (Wildman–Crippen MR) is 73.0 cm³/mol. The summed E-state index contributed by atoms with van der Waals surface area (Å²) in [6, 6.07) is 0.623. The summed E-state index contributed by atoms with van der Waals surface area (Å²) in [5.74, 6) is 2.68. The van der Waals surface area contributed by atoms with Crippen LogP contribution in [0.5, 0.6) is 0 Å². The fraction of sp³-hybridized carbons (Fsp3) is 0.923. The Bertz CT molecular complexity index is 280. The van der Waals surface area contributed by atoms with Crippen LogP contribution in [0, 0.1) is 17.3 Å². The van der Waals surface area contributed by atoms with Gasteiger partial charge in [-0.25, -0.2) is 0 Å². The quantitative estimate of drug-likeness (QED) is 0.816. The molecular formula is C13H24N2S. The molecule has 3 heteroatoms. The Hall–Kier alpha value is -0.180. The van der Waals surface area contributed by atoms with Gasteiger partial charge in [-0.2, -0.15) is 0 Å². The molecule has 1 heterocycles. The molecule has 0 aromatic heterocycles. The van der Waals surface area contributed by atoms with Gasteiger partial charge in [0.05, 0.1) is 0 Å². The molecule has 2 rings (SSSR count). The van der Waals surface area contributed by atoms with E-state index in [0.717, 1.165) is 12.5 Å². The zero-order chi connectivity index (χ0) is 11.8. The summed E-state index contributed by atoms with van der Waals surface area (Å²) in [7, 11) is 0. The maximum Gasteiger partial charge on any atom is 0.156 e. The summed E-state index contributed by atoms with van der Waals surface area (Å²) in [6.07, 6.45) is 2.75. The third-order valence-electron chi connectivity index (χ3n) is 4.17. The van der Waals surface area contributed by atoms with E-state index in [2.05, 4.69) is 33.0 Å². The van der Waals surface area contributed by atoms with Crippen molar-refractivity contribution in [2.45, 2.75) is 46.6 Å². The average Bonchev–Trinajstić information content (AvgIpc) is 2.87. The fourth-order valence-corrected chi connectivity index (χ4v) is 3.37. The topological polar surface area (TPSA) is 24.4 Å². The van der Waals surface area contributed by atoms with E-state index in [1.54, 1.807) is 0 Å². The summed E-state index contributed by atoms with van der Waals surface area (Å²) in [6.45, 7) is 10.2. The van der Waals surface area contributed by atoms with Crippen molar-refractivity contribution in [1.29, 1.82) is 0 Å². The van der Waals surface area contributed by atoms with Gasteiger partial charge in [0.25, 0.3) is 0 Å². The Morgan fingerprint density at radius 1 is 1.38 bits per heavy atom. The minimum absolute atomic E-state index is 0.547. The second kappa shape index (κ2) is 4.59. The minimum atomic E-state index is 0.547. The zero-order valence-electron chi connectivity index (χ0n) is 10.9. The number of aliphatic imine (C=N–C) groups is 1. The normalized spacial score (nSPS) is 30.1. The van der Waals surface area contributed by atoms with Crippen LogP contribution in [0.3, 0.4) is 0 Å². The molecule has 2 fully saturated rings. The number of rotatable bonds is 4. The largest absolute Gasteiger partial charge is 0.361 e. The van der Waals surface area contributed by atoms with Gasteiger partial charge in [0, 0.05) is 18.3 Å². The van der Waals surface area contributed by atoms with Gasteiger partial charge in [-0.15, -0.1) is 0 Å². The molecule has 0 bridgehead atoms. The van der Waals surface area contributed by atoms with Gasteiger partial charge >= 0.3 is 0 Å². The van der Waals surface area contributed by atoms with Crippen molar-refractivity contribution >= 4 is 16.9 Å². The summed E-state index contributed by atoms with van der Waals surface area (Å²) >= 11 is 1.90. The fourth-order valence-electron chi connectivity index (χ4n) is 2.17. The lowest BCUT2D eigenvalue weighted by Crippen LogP contribution is -2.32. The molecule has 1 atom stereocenters. The summed E-state index contributed by atoms with van der Waals surface area (Å²) in [5.41, 5.74) is 0.547. The van der Waals surface area contributed by atoms with Crippen molar-refractivity contribution in [3.8, 4) is 0 Å². The van der Waals surface area contributed by atoms with E-state index in [4.69, 9.17) is 4.99 Å². The molecule has 2 aliphatic rings. The molecule has 1 aliphatic heterocycles. The minimum Gasteiger partial charge on any atom is -0.361 e. The molecule has 92 valence electrons. The van der Waals surface area contributed by atoms with Gasteiger partial charge in [0.1, 0.15) is 0 Å². The SMILES string of the molecule is CC(C)C1CSC(=NCC2(C(C)C)CC2)N1. The molecule has 0 aromatic rings. The Morgan fingerprint density at radius 3 is 2.50 bits per heavy atom. The van der Waals surface area contributed by atoms with Crippen molar-refractivity contribution in [3.05, 3.63) is 0 Å². The Labute approximate surface area is 104 Å².